The van der Waals surface area contributed by atoms with Crippen LogP contribution in [0.1, 0.15) is 31.2 Å². The van der Waals surface area contributed by atoms with E-state index in [9.17, 15) is 9.59 Å². The molecule has 0 aliphatic heterocycles. The summed E-state index contributed by atoms with van der Waals surface area (Å²) in [5.41, 5.74) is 9.04. The second-order valence-electron chi connectivity index (χ2n) is 7.51. The molecule has 0 aliphatic rings. The van der Waals surface area contributed by atoms with Crippen LogP contribution in [0.5, 0.6) is 0 Å². The highest BCUT2D eigenvalue weighted by molar-refractivity contribution is 7.19. The Labute approximate surface area is 211 Å². The molecule has 4 rings (SSSR count). The largest absolute Gasteiger partial charge is 0.397 e. The third-order valence-electron chi connectivity index (χ3n) is 5.13. The Kier molecular flexibility index (Phi) is 7.53. The number of thiophene rings is 1. The number of nitrogen functional groups attached to an aromatic ring is 1. The molecular weight excluding hydrogens is 489 g/mol. The number of carbonyl (C=O) groups excluding carboxylic acids is 2. The van der Waals surface area contributed by atoms with Crippen molar-refractivity contribution in [2.75, 3.05) is 17.6 Å². The molecule has 0 bridgehead atoms. The topological polar surface area (TPSA) is 84.2 Å². The van der Waals surface area contributed by atoms with Crippen LogP contribution in [0.2, 0.25) is 10.0 Å². The number of ketones is 1. The number of anilines is 3. The van der Waals surface area contributed by atoms with Crippen LogP contribution in [0.4, 0.5) is 16.4 Å². The van der Waals surface area contributed by atoms with Gasteiger partial charge in [0.1, 0.15) is 9.88 Å². The monoisotopic (exact) mass is 509 g/mol. The summed E-state index contributed by atoms with van der Waals surface area (Å²) in [7, 11) is 0. The predicted octanol–water partition coefficient (Wildman–Crippen LogP) is 6.58. The van der Waals surface area contributed by atoms with E-state index in [4.69, 9.17) is 28.9 Å². The number of nitrogens with one attached hydrogen (secondary N) is 2. The van der Waals surface area contributed by atoms with Gasteiger partial charge in [0.2, 0.25) is 5.78 Å². The molecule has 0 atom stereocenters. The van der Waals surface area contributed by atoms with Crippen LogP contribution in [0.25, 0.3) is 0 Å². The zero-order valence-electron chi connectivity index (χ0n) is 18.0. The maximum Gasteiger partial charge on any atom is 0.256 e. The molecule has 0 fully saturated rings. The molecule has 8 heteroatoms. The van der Waals surface area contributed by atoms with Gasteiger partial charge in [0, 0.05) is 27.8 Å². The zero-order valence-corrected chi connectivity index (χ0v) is 20.3. The second-order valence-corrected chi connectivity index (χ2v) is 9.40. The third-order valence-corrected chi connectivity index (χ3v) is 6.75. The molecular formula is C26H21Cl2N3O2S. The van der Waals surface area contributed by atoms with Crippen LogP contribution in [-0.4, -0.2) is 18.2 Å². The maximum absolute atomic E-state index is 13.2. The molecule has 0 aliphatic carbocycles. The van der Waals surface area contributed by atoms with Crippen molar-refractivity contribution in [2.24, 2.45) is 0 Å². The average Bonchev–Trinajstić information content (AvgIpc) is 3.16. The minimum Gasteiger partial charge on any atom is -0.397 e. The summed E-state index contributed by atoms with van der Waals surface area (Å²) < 4.78 is 0. The molecule has 4 aromatic rings. The molecule has 5 nitrogen and oxygen atoms in total. The highest BCUT2D eigenvalue weighted by Gasteiger charge is 2.26. The third kappa shape index (κ3) is 5.59. The number of amides is 1. The van der Waals surface area contributed by atoms with E-state index in [1.807, 2.05) is 54.6 Å². The first-order chi connectivity index (χ1) is 16.4. The van der Waals surface area contributed by atoms with Gasteiger partial charge in [-0.2, -0.15) is 0 Å². The highest BCUT2D eigenvalue weighted by Crippen LogP contribution is 2.39. The van der Waals surface area contributed by atoms with Crippen LogP contribution in [-0.2, 0) is 6.42 Å². The number of hydrogen-bond donors (Lipinski definition) is 3. The number of nitrogens with two attached hydrogens (primary N) is 1. The smallest absolute Gasteiger partial charge is 0.256 e. The van der Waals surface area contributed by atoms with Crippen molar-refractivity contribution in [1.82, 2.24) is 5.32 Å². The second kappa shape index (κ2) is 10.7. The van der Waals surface area contributed by atoms with Crippen molar-refractivity contribution in [3.63, 3.8) is 0 Å². The molecule has 0 saturated carbocycles. The van der Waals surface area contributed by atoms with E-state index < -0.39 is 0 Å². The number of halogens is 2. The number of rotatable bonds is 8. The molecule has 3 aromatic carbocycles. The summed E-state index contributed by atoms with van der Waals surface area (Å²) in [6.45, 7) is 0.404. The van der Waals surface area contributed by atoms with Crippen LogP contribution in [0, 0.1) is 0 Å². The van der Waals surface area contributed by atoms with E-state index in [1.165, 1.54) is 0 Å². The quantitative estimate of drug-likeness (QED) is 0.234. The Morgan fingerprint density at radius 2 is 1.47 bits per heavy atom. The van der Waals surface area contributed by atoms with Crippen LogP contribution >= 0.6 is 34.5 Å². The van der Waals surface area contributed by atoms with E-state index in [1.54, 1.807) is 24.3 Å². The van der Waals surface area contributed by atoms with E-state index in [0.29, 0.717) is 38.5 Å². The standard InChI is InChI=1S/C26H21Cl2N3O2S/c27-18-10-6-16(7-11-18)14-15-30-25(33)21-22(29)24(23(32)17-8-12-19(28)13-9-17)34-26(21)31-20-4-2-1-3-5-20/h1-13,31H,14-15,29H2,(H,30,33). The van der Waals surface area contributed by atoms with Crippen molar-refractivity contribution < 1.29 is 9.59 Å². The lowest BCUT2D eigenvalue weighted by Crippen LogP contribution is -2.26. The first-order valence-electron chi connectivity index (χ1n) is 10.5. The van der Waals surface area contributed by atoms with Crippen LogP contribution in [0.15, 0.2) is 78.9 Å². The highest BCUT2D eigenvalue weighted by atomic mass is 35.5. The SMILES string of the molecule is Nc1c(C(=O)c2ccc(Cl)cc2)sc(Nc2ccccc2)c1C(=O)NCCc1ccc(Cl)cc1. The molecule has 172 valence electrons. The first kappa shape index (κ1) is 23.8. The maximum atomic E-state index is 13.2. The summed E-state index contributed by atoms with van der Waals surface area (Å²) in [4.78, 5) is 26.6. The minimum absolute atomic E-state index is 0.146. The Bertz CT molecular complexity index is 1300. The van der Waals surface area contributed by atoms with Gasteiger partial charge in [-0.3, -0.25) is 9.59 Å². The van der Waals surface area contributed by atoms with Crippen LogP contribution in [0.3, 0.4) is 0 Å². The first-order valence-corrected chi connectivity index (χ1v) is 12.1. The normalized spacial score (nSPS) is 10.6. The van der Waals surface area contributed by atoms with Crippen molar-refractivity contribution in [3.05, 3.63) is 110 Å². The van der Waals surface area contributed by atoms with Gasteiger partial charge in [0.25, 0.3) is 5.91 Å². The summed E-state index contributed by atoms with van der Waals surface area (Å²) in [6.07, 6.45) is 0.630. The van der Waals surface area contributed by atoms with E-state index >= 15 is 0 Å². The Balaban J connectivity index is 1.60. The van der Waals surface area contributed by atoms with Crippen molar-refractivity contribution in [3.8, 4) is 0 Å². The molecule has 1 amide bonds. The fourth-order valence-corrected chi connectivity index (χ4v) is 4.72. The van der Waals surface area contributed by atoms with Crippen molar-refractivity contribution in [1.29, 1.82) is 0 Å². The number of benzene rings is 3. The lowest BCUT2D eigenvalue weighted by Gasteiger charge is -2.09. The molecule has 34 heavy (non-hydrogen) atoms. The van der Waals surface area contributed by atoms with Gasteiger partial charge in [0.05, 0.1) is 11.3 Å². The average molecular weight is 510 g/mol. The number of carbonyl (C=O) groups is 2. The Hall–Kier alpha value is -3.32. The predicted molar refractivity (Wildman–Crippen MR) is 141 cm³/mol. The molecule has 4 N–H and O–H groups in total. The molecule has 0 saturated heterocycles. The van der Waals surface area contributed by atoms with Gasteiger partial charge in [-0.1, -0.05) is 53.5 Å². The van der Waals surface area contributed by atoms with Gasteiger partial charge < -0.3 is 16.4 Å². The fraction of sp³-hybridized carbons (Fsp3) is 0.0769. The lowest BCUT2D eigenvalue weighted by molar-refractivity contribution is 0.0956. The van der Waals surface area contributed by atoms with Gasteiger partial charge in [0.15, 0.2) is 0 Å². The summed E-state index contributed by atoms with van der Waals surface area (Å²) in [6, 6.07) is 23.4. The van der Waals surface area contributed by atoms with Gasteiger partial charge in [-0.25, -0.2) is 0 Å². The molecule has 0 radical (unpaired) electrons. The fourth-order valence-electron chi connectivity index (χ4n) is 3.37. The van der Waals surface area contributed by atoms with E-state index in [-0.39, 0.29) is 22.9 Å². The van der Waals surface area contributed by atoms with E-state index in [0.717, 1.165) is 22.6 Å². The summed E-state index contributed by atoms with van der Waals surface area (Å²) in [5, 5.41) is 7.84. The van der Waals surface area contributed by atoms with Gasteiger partial charge in [-0.05, 0) is 60.5 Å². The van der Waals surface area contributed by atoms with Crippen molar-refractivity contribution >= 4 is 62.6 Å². The van der Waals surface area contributed by atoms with Crippen molar-refractivity contribution in [2.45, 2.75) is 6.42 Å². The lowest BCUT2D eigenvalue weighted by atomic mass is 10.1. The molecule has 0 unspecified atom stereocenters. The van der Waals surface area contributed by atoms with Gasteiger partial charge >= 0.3 is 0 Å². The Morgan fingerprint density at radius 1 is 0.853 bits per heavy atom. The van der Waals surface area contributed by atoms with E-state index in [2.05, 4.69) is 10.6 Å². The zero-order chi connectivity index (χ0) is 24.1. The number of hydrogen-bond acceptors (Lipinski definition) is 5. The minimum atomic E-state index is -0.351. The summed E-state index contributed by atoms with van der Waals surface area (Å²) in [5.74, 6) is -0.619. The molecule has 1 aromatic heterocycles. The summed E-state index contributed by atoms with van der Waals surface area (Å²) >= 11 is 13.0. The Morgan fingerprint density at radius 3 is 2.12 bits per heavy atom. The van der Waals surface area contributed by atoms with Crippen LogP contribution < -0.4 is 16.4 Å². The number of para-hydroxylation sites is 1. The van der Waals surface area contributed by atoms with Gasteiger partial charge in [-0.15, -0.1) is 11.3 Å². The molecule has 1 heterocycles. The molecule has 0 spiro atoms.